The molecule has 0 aliphatic carbocycles. The van der Waals surface area contributed by atoms with Crippen LogP contribution in [0.1, 0.15) is 10.4 Å². The Morgan fingerprint density at radius 3 is 2.50 bits per heavy atom. The third kappa shape index (κ3) is 4.88. The molecule has 0 aliphatic heterocycles. The summed E-state index contributed by atoms with van der Waals surface area (Å²) in [6.45, 7) is 0. The van der Waals surface area contributed by atoms with Crippen LogP contribution in [-0.2, 0) is 21.1 Å². The van der Waals surface area contributed by atoms with E-state index in [1.807, 2.05) is 0 Å². The number of sulfone groups is 1. The predicted molar refractivity (Wildman–Crippen MR) is 125 cm³/mol. The molecule has 0 spiro atoms. The van der Waals surface area contributed by atoms with E-state index in [2.05, 4.69) is 10.3 Å². The molecule has 0 saturated carbocycles. The van der Waals surface area contributed by atoms with Crippen LogP contribution in [-0.4, -0.2) is 34.3 Å². The van der Waals surface area contributed by atoms with Crippen molar-refractivity contribution in [1.29, 1.82) is 0 Å². The van der Waals surface area contributed by atoms with Gasteiger partial charge in [0.05, 0.1) is 27.4 Å². The lowest BCUT2D eigenvalue weighted by molar-refractivity contribution is 0.102. The molecule has 2 heterocycles. The number of para-hydroxylation sites is 1. The van der Waals surface area contributed by atoms with E-state index in [0.717, 1.165) is 10.6 Å². The first kappa shape index (κ1) is 23.3. The number of benzene rings is 2. The molecule has 2 aromatic carbocycles. The smallest absolute Gasteiger partial charge is 0.336 e. The van der Waals surface area contributed by atoms with E-state index in [-0.39, 0.29) is 33.2 Å². The lowest BCUT2D eigenvalue weighted by Gasteiger charge is -2.25. The maximum absolute atomic E-state index is 12.9. The zero-order valence-electron chi connectivity index (χ0n) is 17.5. The molecular weight excluding hydrogens is 482 g/mol. The number of hydrogen-bond donors (Lipinski definition) is 1. The highest BCUT2D eigenvalue weighted by atomic mass is 32.2. The van der Waals surface area contributed by atoms with E-state index < -0.39 is 32.6 Å². The summed E-state index contributed by atoms with van der Waals surface area (Å²) < 4.78 is 53.3. The van der Waals surface area contributed by atoms with Gasteiger partial charge >= 0.3 is 5.63 Å². The second kappa shape index (κ2) is 9.17. The molecule has 1 N–H and O–H groups in total. The van der Waals surface area contributed by atoms with Gasteiger partial charge in [-0.05, 0) is 42.5 Å². The summed E-state index contributed by atoms with van der Waals surface area (Å²) in [4.78, 5) is 28.6. The summed E-state index contributed by atoms with van der Waals surface area (Å²) in [5.41, 5.74) is 0.0136. The van der Waals surface area contributed by atoms with Crippen molar-refractivity contribution < 1.29 is 26.4 Å². The number of rotatable bonds is 6. The van der Waals surface area contributed by atoms with E-state index in [1.54, 1.807) is 18.2 Å². The lowest BCUT2D eigenvalue weighted by Crippen LogP contribution is -2.21. The lowest BCUT2D eigenvalue weighted by atomic mass is 10.1. The van der Waals surface area contributed by atoms with Crippen LogP contribution in [0.15, 0.2) is 87.0 Å². The van der Waals surface area contributed by atoms with E-state index >= 15 is 0 Å². The molecule has 174 valence electrons. The summed E-state index contributed by atoms with van der Waals surface area (Å²) >= 11 is -2.80. The largest absolute Gasteiger partial charge is 0.755 e. The van der Waals surface area contributed by atoms with E-state index in [0.29, 0.717) is 5.39 Å². The van der Waals surface area contributed by atoms with Crippen molar-refractivity contribution in [2.45, 2.75) is 4.90 Å². The van der Waals surface area contributed by atoms with Crippen molar-refractivity contribution >= 4 is 55.2 Å². The van der Waals surface area contributed by atoms with Gasteiger partial charge in [-0.3, -0.25) is 13.3 Å². The summed E-state index contributed by atoms with van der Waals surface area (Å²) in [5.74, 6) is -0.618. The van der Waals surface area contributed by atoms with Crippen molar-refractivity contribution in [2.75, 3.05) is 15.9 Å². The van der Waals surface area contributed by atoms with Gasteiger partial charge in [0.1, 0.15) is 5.82 Å². The Bertz CT molecular complexity index is 1580. The summed E-state index contributed by atoms with van der Waals surface area (Å²) in [5, 5.41) is 3.20. The number of nitrogens with zero attached hydrogens (tertiary/aromatic N) is 2. The molecule has 0 aliphatic rings. The van der Waals surface area contributed by atoms with Gasteiger partial charge in [0.15, 0.2) is 15.4 Å². The molecule has 1 unspecified atom stereocenters. The first-order valence-electron chi connectivity index (χ1n) is 9.63. The van der Waals surface area contributed by atoms with Crippen LogP contribution in [0.2, 0.25) is 0 Å². The van der Waals surface area contributed by atoms with Crippen molar-refractivity contribution in [3.63, 3.8) is 0 Å². The minimum Gasteiger partial charge on any atom is -0.755 e. The van der Waals surface area contributed by atoms with Crippen LogP contribution in [0, 0.1) is 0 Å². The topological polar surface area (TPSA) is 150 Å². The Morgan fingerprint density at radius 2 is 1.82 bits per heavy atom. The highest BCUT2D eigenvalue weighted by Crippen LogP contribution is 2.28. The number of amides is 1. The molecule has 12 heteroatoms. The fourth-order valence-corrected chi connectivity index (χ4v) is 4.38. The molecule has 1 amide bonds. The van der Waals surface area contributed by atoms with Crippen molar-refractivity contribution in [3.8, 4) is 0 Å². The number of nitrogens with one attached hydrogen (secondary N) is 1. The first-order chi connectivity index (χ1) is 16.1. The quantitative estimate of drug-likeness (QED) is 0.315. The number of carbonyl (C=O) groups is 1. The fourth-order valence-electron chi connectivity index (χ4n) is 3.20. The fraction of sp³-hybridized carbons (Fsp3) is 0.0455. The van der Waals surface area contributed by atoms with Crippen molar-refractivity contribution in [3.05, 3.63) is 88.9 Å². The first-order valence-corrected chi connectivity index (χ1v) is 12.6. The van der Waals surface area contributed by atoms with Gasteiger partial charge in [-0.1, -0.05) is 12.1 Å². The number of hydrogen-bond acceptors (Lipinski definition) is 8. The standard InChI is InChI=1S/C22H17N3O7S2/c1-34(30,31)17-8-6-16(7-9-17)25(33(28)29)19-13-15(11-12-23-19)24-22(27)18-4-2-3-14-5-10-20(26)32-21(14)18/h2-13H,1H3,(H,28,29)(H,23,24,27)/p-1. The van der Waals surface area contributed by atoms with Crippen molar-refractivity contribution in [1.82, 2.24) is 4.98 Å². The Balaban J connectivity index is 1.66. The Labute approximate surface area is 196 Å². The third-order valence-corrected chi connectivity index (χ3v) is 6.58. The molecular formula is C22H16N3O7S2-. The third-order valence-electron chi connectivity index (χ3n) is 4.75. The SMILES string of the molecule is CS(=O)(=O)c1ccc(N(c2cc(NC(=O)c3cccc4ccc(=O)oc34)ccn2)S(=O)[O-])cc1. The van der Waals surface area contributed by atoms with Crippen LogP contribution in [0.25, 0.3) is 11.0 Å². The second-order valence-corrected chi connectivity index (χ2v) is 9.93. The Kier molecular flexibility index (Phi) is 6.28. The van der Waals surface area contributed by atoms with Gasteiger partial charge in [-0.25, -0.2) is 18.2 Å². The summed E-state index contributed by atoms with van der Waals surface area (Å²) in [6.07, 6.45) is 2.35. The molecule has 10 nitrogen and oxygen atoms in total. The van der Waals surface area contributed by atoms with Crippen LogP contribution in [0.5, 0.6) is 0 Å². The minimum atomic E-state index is -3.46. The maximum atomic E-state index is 12.9. The molecule has 0 fully saturated rings. The zero-order chi connectivity index (χ0) is 24.5. The maximum Gasteiger partial charge on any atom is 0.336 e. The summed E-state index contributed by atoms with van der Waals surface area (Å²) in [7, 11) is -3.46. The van der Waals surface area contributed by atoms with E-state index in [4.69, 9.17) is 4.42 Å². The number of aromatic nitrogens is 1. The van der Waals surface area contributed by atoms with E-state index in [9.17, 15) is 26.8 Å². The van der Waals surface area contributed by atoms with Gasteiger partial charge in [-0.15, -0.1) is 0 Å². The predicted octanol–water partition coefficient (Wildman–Crippen LogP) is 2.78. The Hall–Kier alpha value is -3.87. The molecule has 0 saturated heterocycles. The highest BCUT2D eigenvalue weighted by Gasteiger charge is 2.17. The zero-order valence-corrected chi connectivity index (χ0v) is 19.1. The Morgan fingerprint density at radius 1 is 1.09 bits per heavy atom. The number of carbonyl (C=O) groups excluding carboxylic acids is 1. The molecule has 2 aromatic heterocycles. The molecule has 4 rings (SSSR count). The monoisotopic (exact) mass is 498 g/mol. The molecule has 4 aromatic rings. The van der Waals surface area contributed by atoms with E-state index in [1.165, 1.54) is 54.7 Å². The average Bonchev–Trinajstić information content (AvgIpc) is 2.78. The van der Waals surface area contributed by atoms with Gasteiger partial charge in [-0.2, -0.15) is 0 Å². The van der Waals surface area contributed by atoms with Crippen LogP contribution >= 0.6 is 0 Å². The number of fused-ring (bicyclic) bond motifs is 1. The molecule has 34 heavy (non-hydrogen) atoms. The van der Waals surface area contributed by atoms with Gasteiger partial charge in [0, 0.05) is 35.7 Å². The van der Waals surface area contributed by atoms with Crippen LogP contribution in [0.4, 0.5) is 17.2 Å². The highest BCUT2D eigenvalue weighted by molar-refractivity contribution is 7.90. The van der Waals surface area contributed by atoms with Crippen LogP contribution < -0.4 is 15.2 Å². The van der Waals surface area contributed by atoms with Gasteiger partial charge in [0.2, 0.25) is 0 Å². The van der Waals surface area contributed by atoms with Crippen molar-refractivity contribution in [2.24, 2.45) is 0 Å². The number of anilines is 3. The van der Waals surface area contributed by atoms with Crippen LogP contribution in [0.3, 0.4) is 0 Å². The second-order valence-electron chi connectivity index (χ2n) is 7.11. The van der Waals surface area contributed by atoms with Gasteiger partial charge < -0.3 is 14.3 Å². The minimum absolute atomic E-state index is 0.0311. The summed E-state index contributed by atoms with van der Waals surface area (Å²) in [6, 6.07) is 15.6. The normalized spacial score (nSPS) is 12.3. The molecule has 0 bridgehead atoms. The molecule has 0 radical (unpaired) electrons. The van der Waals surface area contributed by atoms with Gasteiger partial charge in [0.25, 0.3) is 5.91 Å². The number of pyridine rings is 1. The average molecular weight is 499 g/mol. The molecule has 1 atom stereocenters.